The predicted molar refractivity (Wildman–Crippen MR) is 190 cm³/mol. The molecule has 1 aliphatic carbocycles. The molecule has 1 N–H and O–H groups in total. The fourth-order valence-corrected chi connectivity index (χ4v) is 9.31. The molecule has 2 atom stereocenters. The number of benzene rings is 2. The number of methoxy groups -OCH3 is 1. The van der Waals surface area contributed by atoms with Gasteiger partial charge in [-0.05, 0) is 85.4 Å². The second-order valence-corrected chi connectivity index (χ2v) is 14.5. The van der Waals surface area contributed by atoms with Crippen LogP contribution in [-0.2, 0) is 19.3 Å². The van der Waals surface area contributed by atoms with Crippen molar-refractivity contribution in [3.63, 3.8) is 0 Å². The molecule has 1 fully saturated rings. The minimum Gasteiger partial charge on any atom is -0.493 e. The summed E-state index contributed by atoms with van der Waals surface area (Å²) in [5, 5.41) is 14.0. The van der Waals surface area contributed by atoms with Crippen LogP contribution in [0.25, 0.3) is 32.0 Å². The number of thiophene rings is 1. The second-order valence-electron chi connectivity index (χ2n) is 13.1. The van der Waals surface area contributed by atoms with E-state index in [0.29, 0.717) is 59.5 Å². The van der Waals surface area contributed by atoms with Crippen LogP contribution in [0.1, 0.15) is 75.7 Å². The van der Waals surface area contributed by atoms with Gasteiger partial charge in [0.05, 0.1) is 46.4 Å². The number of ether oxygens (including phenoxy) is 1. The van der Waals surface area contributed by atoms with Gasteiger partial charge in [-0.15, -0.1) is 21.5 Å². The Kier molecular flexibility index (Phi) is 7.58. The highest BCUT2D eigenvalue weighted by molar-refractivity contribution is 7.23. The summed E-state index contributed by atoms with van der Waals surface area (Å²) in [6.07, 6.45) is 6.37. The number of halogens is 2. The lowest BCUT2D eigenvalue weighted by atomic mass is 9.93. The lowest BCUT2D eigenvalue weighted by Crippen LogP contribution is -2.22. The van der Waals surface area contributed by atoms with E-state index in [1.54, 1.807) is 24.5 Å². The molecule has 0 bridgehead atoms. The summed E-state index contributed by atoms with van der Waals surface area (Å²) in [4.78, 5) is 27.1. The van der Waals surface area contributed by atoms with E-state index < -0.39 is 0 Å². The molecule has 9 nitrogen and oxygen atoms in total. The van der Waals surface area contributed by atoms with Gasteiger partial charge < -0.3 is 19.4 Å². The van der Waals surface area contributed by atoms with Crippen molar-refractivity contribution in [2.45, 2.75) is 57.5 Å². The van der Waals surface area contributed by atoms with Gasteiger partial charge in [-0.3, -0.25) is 9.78 Å². The number of aromatic nitrogens is 4. The zero-order valence-corrected chi connectivity index (χ0v) is 29.0. The molecular weight excluding hydrogens is 675 g/mol. The smallest absolute Gasteiger partial charge is 0.257 e. The first-order chi connectivity index (χ1) is 24.4. The Hall–Kier alpha value is -4.87. The predicted octanol–water partition coefficient (Wildman–Crippen LogP) is 8.69. The molecule has 252 valence electrons. The lowest BCUT2D eigenvalue weighted by molar-refractivity contribution is 0.0776. The molecule has 6 heterocycles. The van der Waals surface area contributed by atoms with Crippen LogP contribution in [0.15, 0.2) is 59.1 Å². The topological polar surface area (TPSA) is 106 Å². The fourth-order valence-electron chi connectivity index (χ4n) is 7.93. The van der Waals surface area contributed by atoms with E-state index in [0.717, 1.165) is 73.7 Å². The van der Waals surface area contributed by atoms with Crippen molar-refractivity contribution in [1.82, 2.24) is 25.1 Å². The number of aryl methyl sites for hydroxylation is 3. The number of carbonyl (C=O) groups excluding carboxylic acids is 1. The van der Waals surface area contributed by atoms with Crippen LogP contribution < -0.4 is 10.1 Å². The molecule has 2 aromatic carbocycles. The van der Waals surface area contributed by atoms with Crippen LogP contribution in [0.5, 0.6) is 5.75 Å². The van der Waals surface area contributed by atoms with Gasteiger partial charge in [0.1, 0.15) is 5.82 Å². The molecule has 2 aliphatic heterocycles. The zero-order valence-electron chi connectivity index (χ0n) is 27.4. The summed E-state index contributed by atoms with van der Waals surface area (Å²) in [6, 6.07) is 15.1. The molecule has 6 aromatic rings. The third kappa shape index (κ3) is 5.05. The molecule has 12 heteroatoms. The summed E-state index contributed by atoms with van der Waals surface area (Å²) >= 11 is 7.92. The van der Waals surface area contributed by atoms with Gasteiger partial charge in [-0.25, -0.2) is 9.37 Å². The van der Waals surface area contributed by atoms with Gasteiger partial charge >= 0.3 is 0 Å². The average molecular weight is 707 g/mol. The summed E-state index contributed by atoms with van der Waals surface area (Å²) in [6.45, 7) is 2.46. The van der Waals surface area contributed by atoms with E-state index in [9.17, 15) is 9.18 Å². The minimum atomic E-state index is -0.353. The van der Waals surface area contributed by atoms with E-state index in [1.807, 2.05) is 35.2 Å². The Labute approximate surface area is 296 Å². The first-order valence-corrected chi connectivity index (χ1v) is 18.0. The molecule has 50 heavy (non-hydrogen) atoms. The maximum absolute atomic E-state index is 14.5. The number of nitrogens with zero attached hydrogens (tertiary/aromatic N) is 5. The first-order valence-electron chi connectivity index (χ1n) is 16.8. The van der Waals surface area contributed by atoms with Gasteiger partial charge in [0, 0.05) is 40.7 Å². The Balaban J connectivity index is 1.20. The molecule has 1 amide bonds. The van der Waals surface area contributed by atoms with E-state index >= 15 is 0 Å². The van der Waals surface area contributed by atoms with Gasteiger partial charge in [0.2, 0.25) is 11.8 Å². The Bertz CT molecular complexity index is 2340. The molecule has 4 aromatic heterocycles. The number of nitrogens with one attached hydrogen (secondary N) is 1. The van der Waals surface area contributed by atoms with Crippen LogP contribution in [0.4, 0.5) is 10.2 Å². The lowest BCUT2D eigenvalue weighted by Gasteiger charge is -2.16. The molecule has 9 rings (SSSR count). The van der Waals surface area contributed by atoms with Crippen molar-refractivity contribution in [2.24, 2.45) is 0 Å². The SMILES string of the molecule is COc1c(F)ccc2c1CC[C@H]2Nc1nccc2cc(-c3c4c(nc(CCc5cccc(Cl)c5)c3-c3nnc(C)o3)[C@@H]3CCCN3C4=O)sc12. The van der Waals surface area contributed by atoms with Crippen molar-refractivity contribution >= 4 is 44.7 Å². The van der Waals surface area contributed by atoms with Crippen molar-refractivity contribution in [3.8, 4) is 27.6 Å². The maximum Gasteiger partial charge on any atom is 0.257 e. The second kappa shape index (κ2) is 12.2. The molecule has 0 spiro atoms. The van der Waals surface area contributed by atoms with Gasteiger partial charge in [0.25, 0.3) is 5.91 Å². The largest absolute Gasteiger partial charge is 0.493 e. The number of fused-ring (bicyclic) bond motifs is 5. The van der Waals surface area contributed by atoms with Gasteiger partial charge in [-0.1, -0.05) is 29.8 Å². The van der Waals surface area contributed by atoms with E-state index in [1.165, 1.54) is 13.2 Å². The Morgan fingerprint density at radius 1 is 1.10 bits per heavy atom. The summed E-state index contributed by atoms with van der Waals surface area (Å²) in [7, 11) is 1.51. The van der Waals surface area contributed by atoms with E-state index in [-0.39, 0.29) is 23.8 Å². The highest BCUT2D eigenvalue weighted by Gasteiger charge is 2.45. The Morgan fingerprint density at radius 3 is 2.82 bits per heavy atom. The van der Waals surface area contributed by atoms with Gasteiger partial charge in [-0.2, -0.15) is 0 Å². The summed E-state index contributed by atoms with van der Waals surface area (Å²) in [5.74, 6) is 1.44. The van der Waals surface area contributed by atoms with E-state index in [4.69, 9.17) is 30.7 Å². The third-order valence-electron chi connectivity index (χ3n) is 10.1. The van der Waals surface area contributed by atoms with Gasteiger partial charge in [0.15, 0.2) is 11.6 Å². The van der Waals surface area contributed by atoms with Crippen LogP contribution in [0.2, 0.25) is 5.02 Å². The zero-order chi connectivity index (χ0) is 34.1. The fraction of sp³-hybridized carbons (Fsp3) is 0.289. The van der Waals surface area contributed by atoms with Crippen molar-refractivity contribution in [3.05, 3.63) is 105 Å². The van der Waals surface area contributed by atoms with Crippen LogP contribution in [-0.4, -0.2) is 44.6 Å². The number of anilines is 1. The number of pyridine rings is 2. The standard InChI is InChI=1S/C38H32ClFN6O3S/c1-19-44-45-37(49-19)30-27(12-8-20-5-3-6-22(39)17-20)42-33-28-7-4-16-46(28)38(47)32(33)31(30)29-18-21-14-15-41-36(35(21)50-29)43-26-13-10-24-23(26)9-11-25(40)34(24)48-2/h3,5-6,9,11,14-15,17-18,26,28H,4,7-8,10,12-13,16H2,1-2H3,(H,41,43)/t26-,28+/m1/s1. The van der Waals surface area contributed by atoms with Crippen molar-refractivity contribution in [1.29, 1.82) is 0 Å². The maximum atomic E-state index is 14.5. The molecule has 0 radical (unpaired) electrons. The van der Waals surface area contributed by atoms with Crippen LogP contribution in [0.3, 0.4) is 0 Å². The highest BCUT2D eigenvalue weighted by Crippen LogP contribution is 2.51. The number of amides is 1. The van der Waals surface area contributed by atoms with E-state index in [2.05, 4.69) is 27.6 Å². The van der Waals surface area contributed by atoms with Crippen molar-refractivity contribution < 1.29 is 18.3 Å². The van der Waals surface area contributed by atoms with Crippen LogP contribution >= 0.6 is 22.9 Å². The van der Waals surface area contributed by atoms with Crippen LogP contribution in [0, 0.1) is 12.7 Å². The quantitative estimate of drug-likeness (QED) is 0.168. The monoisotopic (exact) mass is 706 g/mol. The minimum absolute atomic E-state index is 0.0125. The number of hydrogen-bond acceptors (Lipinski definition) is 9. The molecular formula is C38H32ClFN6O3S. The summed E-state index contributed by atoms with van der Waals surface area (Å²) in [5.41, 5.74) is 6.69. The normalized spacial score (nSPS) is 17.8. The first kappa shape index (κ1) is 31.1. The molecule has 0 unspecified atom stereocenters. The number of carbonyl (C=O) groups is 1. The summed E-state index contributed by atoms with van der Waals surface area (Å²) < 4.78 is 27.0. The number of rotatable bonds is 8. The Morgan fingerprint density at radius 2 is 2.00 bits per heavy atom. The highest BCUT2D eigenvalue weighted by atomic mass is 35.5. The number of hydrogen-bond donors (Lipinski definition) is 1. The molecule has 0 saturated carbocycles. The molecule has 3 aliphatic rings. The van der Waals surface area contributed by atoms with Crippen molar-refractivity contribution in [2.75, 3.05) is 19.0 Å². The molecule has 1 saturated heterocycles. The third-order valence-corrected chi connectivity index (χ3v) is 11.5. The average Bonchev–Trinajstić information content (AvgIpc) is 3.95.